The molecule has 108 valence electrons. The first-order valence-electron chi connectivity index (χ1n) is 6.41. The zero-order valence-corrected chi connectivity index (χ0v) is 12.1. The van der Waals surface area contributed by atoms with Crippen molar-refractivity contribution in [3.63, 3.8) is 0 Å². The Hall–Kier alpha value is -1.59. The average molecular weight is 270 g/mol. The minimum atomic E-state index is -0.679. The van der Waals surface area contributed by atoms with Gasteiger partial charge in [-0.25, -0.2) is 9.69 Å². The lowest BCUT2D eigenvalue weighted by Crippen LogP contribution is -2.44. The van der Waals surface area contributed by atoms with Crippen LogP contribution >= 0.6 is 0 Å². The van der Waals surface area contributed by atoms with E-state index in [0.717, 1.165) is 4.90 Å². The van der Waals surface area contributed by atoms with Crippen molar-refractivity contribution in [2.24, 2.45) is 11.1 Å². The summed E-state index contributed by atoms with van der Waals surface area (Å²) in [4.78, 5) is 25.0. The van der Waals surface area contributed by atoms with Gasteiger partial charge < -0.3 is 9.94 Å². The molecule has 0 aromatic heterocycles. The van der Waals surface area contributed by atoms with Crippen molar-refractivity contribution in [3.05, 3.63) is 0 Å². The van der Waals surface area contributed by atoms with Gasteiger partial charge in [0.25, 0.3) is 0 Å². The Labute approximate surface area is 113 Å². The number of nitrogens with zero attached hydrogens (tertiary/aromatic N) is 2. The third kappa shape index (κ3) is 3.94. The molecule has 0 aromatic carbocycles. The Kier molecular flexibility index (Phi) is 4.55. The van der Waals surface area contributed by atoms with Crippen LogP contribution in [0.3, 0.4) is 0 Å². The maximum Gasteiger partial charge on any atom is 0.417 e. The van der Waals surface area contributed by atoms with Gasteiger partial charge >= 0.3 is 6.09 Å². The van der Waals surface area contributed by atoms with Crippen molar-refractivity contribution in [1.29, 1.82) is 0 Å². The van der Waals surface area contributed by atoms with E-state index >= 15 is 0 Å². The van der Waals surface area contributed by atoms with Gasteiger partial charge in [-0.05, 0) is 33.1 Å². The van der Waals surface area contributed by atoms with Gasteiger partial charge in [0.15, 0.2) is 0 Å². The predicted octanol–water partition coefficient (Wildman–Crippen LogP) is 2.40. The zero-order chi connectivity index (χ0) is 14.8. The monoisotopic (exact) mass is 270 g/mol. The van der Waals surface area contributed by atoms with E-state index in [1.54, 1.807) is 20.8 Å². The summed E-state index contributed by atoms with van der Waals surface area (Å²) in [6.07, 6.45) is -0.154. The Morgan fingerprint density at radius 1 is 1.53 bits per heavy atom. The highest BCUT2D eigenvalue weighted by Gasteiger charge is 2.43. The van der Waals surface area contributed by atoms with Crippen LogP contribution in [0.2, 0.25) is 0 Å². The molecule has 0 saturated carbocycles. The number of ether oxygens (including phenoxy) is 1. The van der Waals surface area contributed by atoms with E-state index in [1.807, 2.05) is 13.8 Å². The van der Waals surface area contributed by atoms with Gasteiger partial charge in [-0.15, -0.1) is 0 Å². The Balaban J connectivity index is 2.95. The minimum Gasteiger partial charge on any atom is -0.443 e. The van der Waals surface area contributed by atoms with E-state index in [9.17, 15) is 9.59 Å². The first kappa shape index (κ1) is 15.5. The molecule has 1 N–H and O–H groups in total. The zero-order valence-electron chi connectivity index (χ0n) is 12.1. The number of carbonyl (C=O) groups is 2. The topological polar surface area (TPSA) is 79.2 Å². The van der Waals surface area contributed by atoms with Crippen molar-refractivity contribution in [3.8, 4) is 0 Å². The quantitative estimate of drug-likeness (QED) is 0.617. The molecule has 19 heavy (non-hydrogen) atoms. The molecule has 1 saturated heterocycles. The first-order valence-corrected chi connectivity index (χ1v) is 6.41. The van der Waals surface area contributed by atoms with Crippen LogP contribution in [-0.4, -0.2) is 39.5 Å². The molecule has 1 aliphatic heterocycles. The molecule has 1 rings (SSSR count). The number of imide groups is 1. The minimum absolute atomic E-state index is 0.0346. The molecule has 6 nitrogen and oxygen atoms in total. The van der Waals surface area contributed by atoms with Crippen LogP contribution in [0.4, 0.5) is 4.79 Å². The van der Waals surface area contributed by atoms with Crippen LogP contribution in [0.25, 0.3) is 0 Å². The fraction of sp³-hybridized carbons (Fsp3) is 0.769. The maximum atomic E-state index is 12.1. The molecule has 1 heterocycles. The van der Waals surface area contributed by atoms with E-state index < -0.39 is 17.7 Å². The fourth-order valence-electron chi connectivity index (χ4n) is 2.01. The van der Waals surface area contributed by atoms with Gasteiger partial charge in [0.2, 0.25) is 5.91 Å². The van der Waals surface area contributed by atoms with Crippen molar-refractivity contribution >= 4 is 17.7 Å². The molecule has 1 fully saturated rings. The smallest absolute Gasteiger partial charge is 0.417 e. The van der Waals surface area contributed by atoms with Crippen LogP contribution < -0.4 is 0 Å². The highest BCUT2D eigenvalue weighted by atomic mass is 16.6. The Morgan fingerprint density at radius 3 is 2.53 bits per heavy atom. The first-order chi connectivity index (χ1) is 8.65. The highest BCUT2D eigenvalue weighted by molar-refractivity contribution is 6.15. The second kappa shape index (κ2) is 5.59. The third-order valence-corrected chi connectivity index (χ3v) is 2.71. The second-order valence-corrected chi connectivity index (χ2v) is 6.16. The number of hydrogen-bond donors (Lipinski definition) is 1. The van der Waals surface area contributed by atoms with E-state index in [2.05, 4.69) is 5.16 Å². The number of amides is 2. The summed E-state index contributed by atoms with van der Waals surface area (Å²) < 4.78 is 5.23. The summed E-state index contributed by atoms with van der Waals surface area (Å²) in [6.45, 7) is 9.17. The number of carbonyl (C=O) groups excluding carboxylic acids is 2. The SMILES string of the molecule is CC(C)C[C@H]1C(=NO)CC(=O)N1C(=O)OC(C)(C)C. The molecule has 0 radical (unpaired) electrons. The fourth-order valence-corrected chi connectivity index (χ4v) is 2.01. The Bertz CT molecular complexity index is 396. The molecule has 2 amide bonds. The molecular formula is C13H22N2O4. The summed E-state index contributed by atoms with van der Waals surface area (Å²) in [5.74, 6) is -0.120. The van der Waals surface area contributed by atoms with Gasteiger partial charge in [0.1, 0.15) is 5.60 Å². The van der Waals surface area contributed by atoms with Crippen molar-refractivity contribution in [2.75, 3.05) is 0 Å². The summed E-state index contributed by atoms with van der Waals surface area (Å²) in [5.41, 5.74) is -0.344. The lowest BCUT2D eigenvalue weighted by Gasteiger charge is -2.27. The van der Waals surface area contributed by atoms with Crippen LogP contribution in [0, 0.1) is 5.92 Å². The molecular weight excluding hydrogens is 248 g/mol. The maximum absolute atomic E-state index is 12.1. The third-order valence-electron chi connectivity index (χ3n) is 2.71. The molecule has 0 bridgehead atoms. The second-order valence-electron chi connectivity index (χ2n) is 6.16. The largest absolute Gasteiger partial charge is 0.443 e. The molecule has 0 spiro atoms. The van der Waals surface area contributed by atoms with Crippen LogP contribution in [0.1, 0.15) is 47.5 Å². The Morgan fingerprint density at radius 2 is 2.11 bits per heavy atom. The molecule has 0 aromatic rings. The number of oxime groups is 1. The van der Waals surface area contributed by atoms with Crippen molar-refractivity contribution in [1.82, 2.24) is 4.90 Å². The molecule has 1 atom stereocenters. The van der Waals surface area contributed by atoms with Crippen molar-refractivity contribution in [2.45, 2.75) is 59.1 Å². The van der Waals surface area contributed by atoms with E-state index in [4.69, 9.17) is 9.94 Å². The van der Waals surface area contributed by atoms with E-state index in [0.29, 0.717) is 12.1 Å². The number of likely N-dealkylation sites (tertiary alicyclic amines) is 1. The van der Waals surface area contributed by atoms with Crippen LogP contribution in [-0.2, 0) is 9.53 Å². The molecule has 6 heteroatoms. The molecule has 1 aliphatic rings. The summed E-state index contributed by atoms with van der Waals surface area (Å²) in [5, 5.41) is 12.1. The summed E-state index contributed by atoms with van der Waals surface area (Å²) in [7, 11) is 0. The van der Waals surface area contributed by atoms with E-state index in [-0.39, 0.29) is 18.2 Å². The van der Waals surface area contributed by atoms with Gasteiger partial charge in [-0.2, -0.15) is 0 Å². The lowest BCUT2D eigenvalue weighted by atomic mass is 10.0. The number of hydrogen-bond acceptors (Lipinski definition) is 5. The van der Waals surface area contributed by atoms with Crippen molar-refractivity contribution < 1.29 is 19.5 Å². The lowest BCUT2D eigenvalue weighted by molar-refractivity contribution is -0.128. The van der Waals surface area contributed by atoms with Gasteiger partial charge in [0, 0.05) is 0 Å². The standard InChI is InChI=1S/C13H22N2O4/c1-8(2)6-10-9(14-18)7-11(16)15(10)12(17)19-13(3,4)5/h8,10,18H,6-7H2,1-5H3/t10-/m0/s1. The summed E-state index contributed by atoms with van der Waals surface area (Å²) in [6, 6.07) is -0.507. The summed E-state index contributed by atoms with van der Waals surface area (Å²) >= 11 is 0. The van der Waals surface area contributed by atoms with Crippen LogP contribution in [0.5, 0.6) is 0 Å². The highest BCUT2D eigenvalue weighted by Crippen LogP contribution is 2.25. The van der Waals surface area contributed by atoms with Gasteiger partial charge in [-0.1, -0.05) is 19.0 Å². The molecule has 0 unspecified atom stereocenters. The molecule has 0 aliphatic carbocycles. The van der Waals surface area contributed by atoms with Gasteiger partial charge in [-0.3, -0.25) is 4.79 Å². The average Bonchev–Trinajstić information content (AvgIpc) is 2.51. The van der Waals surface area contributed by atoms with Crippen LogP contribution in [0.15, 0.2) is 5.16 Å². The van der Waals surface area contributed by atoms with E-state index in [1.165, 1.54) is 0 Å². The van der Waals surface area contributed by atoms with Gasteiger partial charge in [0.05, 0.1) is 18.2 Å². The normalized spacial score (nSPS) is 22.4. The number of rotatable bonds is 2. The predicted molar refractivity (Wildman–Crippen MR) is 70.2 cm³/mol.